The molecule has 2 fully saturated rings. The van der Waals surface area contributed by atoms with E-state index in [0.717, 1.165) is 5.56 Å². The molecule has 3 aromatic carbocycles. The third kappa shape index (κ3) is 9.93. The molecular formula is C45H52N6O12S. The second-order valence-corrected chi connectivity index (χ2v) is 19.1. The summed E-state index contributed by atoms with van der Waals surface area (Å²) in [5.41, 5.74) is 0.128. The summed E-state index contributed by atoms with van der Waals surface area (Å²) in [5.74, 6) is -0.584. The van der Waals surface area contributed by atoms with Gasteiger partial charge in [-0.15, -0.1) is 0 Å². The van der Waals surface area contributed by atoms with Gasteiger partial charge in [0.2, 0.25) is 18.6 Å². The summed E-state index contributed by atoms with van der Waals surface area (Å²) in [7, 11) is -2.79. The van der Waals surface area contributed by atoms with Gasteiger partial charge in [-0.25, -0.2) is 27.7 Å². The van der Waals surface area contributed by atoms with Crippen LogP contribution in [-0.4, -0.2) is 97.9 Å². The van der Waals surface area contributed by atoms with Gasteiger partial charge >= 0.3 is 12.1 Å². The minimum Gasteiger partial charge on any atom is -0.497 e. The minimum atomic E-state index is -4.33. The molecule has 64 heavy (non-hydrogen) atoms. The van der Waals surface area contributed by atoms with Crippen molar-refractivity contribution in [2.75, 3.05) is 20.4 Å². The maximum Gasteiger partial charge on any atom is 0.408 e. The third-order valence-corrected chi connectivity index (χ3v) is 12.5. The number of pyridine rings is 1. The monoisotopic (exact) mass is 900 g/mol. The lowest BCUT2D eigenvalue weighted by Crippen LogP contribution is -2.66. The molecule has 0 radical (unpaired) electrons. The van der Waals surface area contributed by atoms with Crippen LogP contribution in [0.2, 0.25) is 0 Å². The van der Waals surface area contributed by atoms with E-state index >= 15 is 0 Å². The fourth-order valence-corrected chi connectivity index (χ4v) is 8.60. The SMILES string of the molecule is COc1ccc2c(O[C@@H]3C[C@@H](C(=O)NC4(C(=O)NC(=O)NS(=O)(=O)c5ccc(C)cc5)CCC4)N(C(=O)[C@@H](NC(=O)OC(C)(C)C)C(C)C)C3)cc(-c3ccc4c(c3)OCO4)nc2c1. The zero-order valence-electron chi connectivity index (χ0n) is 36.6. The van der Waals surface area contributed by atoms with Crippen LogP contribution in [0.15, 0.2) is 71.6 Å². The average molecular weight is 901 g/mol. The van der Waals surface area contributed by atoms with Crippen molar-refractivity contribution in [3.05, 3.63) is 72.3 Å². The number of benzene rings is 3. The number of sulfonamides is 1. The number of nitrogens with one attached hydrogen (secondary N) is 4. The van der Waals surface area contributed by atoms with Crippen molar-refractivity contribution in [1.82, 2.24) is 30.6 Å². The molecule has 4 aromatic rings. The highest BCUT2D eigenvalue weighted by molar-refractivity contribution is 7.90. The standard InChI is InChI=1S/C45H52N6O12S/c1-25(2)38(47-43(56)63-44(4,5)6)40(53)51-23-29(62-36-22-32(27-11-16-35-37(19-27)61-24-60-35)46-33-20-28(59-7)12-15-31(33)36)21-34(51)39(52)49-45(17-8-18-45)41(54)48-42(55)50-64(57,58)30-13-9-26(3)10-14-30/h9-16,19-20,22,25,29,34,38H,8,17-18,21,23-24H2,1-7H3,(H,47,56)(H,49,52)(H2,48,50,54,55)/t29-,34+,38+/m1/s1. The van der Waals surface area contributed by atoms with Gasteiger partial charge < -0.3 is 39.2 Å². The van der Waals surface area contributed by atoms with Crippen molar-refractivity contribution < 1.29 is 56.1 Å². The number of aryl methyl sites for hydroxylation is 1. The molecule has 7 rings (SSSR count). The molecular weight excluding hydrogens is 849 g/mol. The summed E-state index contributed by atoms with van der Waals surface area (Å²) in [4.78, 5) is 74.8. The highest BCUT2D eigenvalue weighted by atomic mass is 32.2. The topological polar surface area (TPSA) is 230 Å². The number of alkyl carbamates (subject to hydrolysis) is 1. The summed E-state index contributed by atoms with van der Waals surface area (Å²) in [6.07, 6.45) is -0.886. The van der Waals surface area contributed by atoms with Crippen LogP contribution in [-0.2, 0) is 29.1 Å². The molecule has 1 aromatic heterocycles. The summed E-state index contributed by atoms with van der Waals surface area (Å²) < 4.78 is 56.4. The Hall–Kier alpha value is -6.63. The van der Waals surface area contributed by atoms with Crippen LogP contribution in [0.5, 0.6) is 23.0 Å². The van der Waals surface area contributed by atoms with E-state index in [0.29, 0.717) is 51.6 Å². The van der Waals surface area contributed by atoms with Crippen LogP contribution in [0.1, 0.15) is 65.9 Å². The van der Waals surface area contributed by atoms with Gasteiger partial charge in [-0.3, -0.25) is 19.7 Å². The van der Waals surface area contributed by atoms with Crippen LogP contribution < -0.4 is 39.6 Å². The smallest absolute Gasteiger partial charge is 0.408 e. The first-order valence-corrected chi connectivity index (χ1v) is 22.3. The fraction of sp³-hybridized carbons (Fsp3) is 0.422. The van der Waals surface area contributed by atoms with Crippen molar-refractivity contribution >= 4 is 50.8 Å². The maximum absolute atomic E-state index is 14.6. The van der Waals surface area contributed by atoms with Crippen LogP contribution >= 0.6 is 0 Å². The van der Waals surface area contributed by atoms with Crippen molar-refractivity contribution in [2.24, 2.45) is 5.92 Å². The molecule has 18 nitrogen and oxygen atoms in total. The molecule has 6 amide bonds. The van der Waals surface area contributed by atoms with Crippen LogP contribution in [0.3, 0.4) is 0 Å². The Labute approximate surface area is 370 Å². The first-order chi connectivity index (χ1) is 30.2. The molecule has 3 atom stereocenters. The number of imide groups is 1. The number of hydrogen-bond acceptors (Lipinski definition) is 13. The Kier molecular flexibility index (Phi) is 12.7. The molecule has 19 heteroatoms. The zero-order valence-corrected chi connectivity index (χ0v) is 37.4. The second kappa shape index (κ2) is 17.9. The van der Waals surface area contributed by atoms with Crippen molar-refractivity contribution in [3.63, 3.8) is 0 Å². The lowest BCUT2D eigenvalue weighted by atomic mass is 9.75. The molecule has 1 saturated carbocycles. The number of carbonyl (C=O) groups excluding carboxylic acids is 5. The number of fused-ring (bicyclic) bond motifs is 2. The first-order valence-electron chi connectivity index (χ1n) is 20.9. The van der Waals surface area contributed by atoms with Gasteiger partial charge in [-0.2, -0.15) is 0 Å². The van der Waals surface area contributed by atoms with Crippen molar-refractivity contribution in [3.8, 4) is 34.3 Å². The predicted octanol–water partition coefficient (Wildman–Crippen LogP) is 5.10. The maximum atomic E-state index is 14.6. The Morgan fingerprint density at radius 2 is 1.66 bits per heavy atom. The summed E-state index contributed by atoms with van der Waals surface area (Å²) in [6, 6.07) is 14.6. The number of urea groups is 1. The van der Waals surface area contributed by atoms with Gasteiger partial charge in [0.1, 0.15) is 40.8 Å². The van der Waals surface area contributed by atoms with E-state index in [9.17, 15) is 32.4 Å². The van der Waals surface area contributed by atoms with E-state index in [1.54, 1.807) is 97.2 Å². The predicted molar refractivity (Wildman–Crippen MR) is 232 cm³/mol. The van der Waals surface area contributed by atoms with Crippen LogP contribution in [0, 0.1) is 12.8 Å². The zero-order chi connectivity index (χ0) is 46.1. The largest absolute Gasteiger partial charge is 0.497 e. The van der Waals surface area contributed by atoms with Gasteiger partial charge in [0, 0.05) is 29.5 Å². The van der Waals surface area contributed by atoms with Gasteiger partial charge in [-0.1, -0.05) is 31.5 Å². The number of rotatable bonds is 12. The Morgan fingerprint density at radius 3 is 2.31 bits per heavy atom. The molecule has 1 saturated heterocycles. The first kappa shape index (κ1) is 45.4. The highest BCUT2D eigenvalue weighted by Gasteiger charge is 2.50. The van der Waals surface area contributed by atoms with Gasteiger partial charge in [-0.05, 0) is 95.3 Å². The summed E-state index contributed by atoms with van der Waals surface area (Å²) >= 11 is 0. The molecule has 0 spiro atoms. The fourth-order valence-electron chi connectivity index (χ4n) is 7.69. The highest BCUT2D eigenvalue weighted by Crippen LogP contribution is 2.39. The van der Waals surface area contributed by atoms with E-state index in [1.807, 2.05) is 10.8 Å². The number of carbonyl (C=O) groups is 5. The Bertz CT molecular complexity index is 2590. The van der Waals surface area contributed by atoms with Crippen LogP contribution in [0.4, 0.5) is 9.59 Å². The van der Waals surface area contributed by atoms with Crippen molar-refractivity contribution in [2.45, 2.75) is 101 Å². The van der Waals surface area contributed by atoms with E-state index in [1.165, 1.54) is 17.0 Å². The van der Waals surface area contributed by atoms with Crippen LogP contribution in [0.25, 0.3) is 22.2 Å². The van der Waals surface area contributed by atoms with E-state index < -0.39 is 75.1 Å². The molecule has 3 aliphatic rings. The number of likely N-dealkylation sites (tertiary alicyclic amines) is 1. The molecule has 0 bridgehead atoms. The Balaban J connectivity index is 1.17. The average Bonchev–Trinajstić information content (AvgIpc) is 3.87. The lowest BCUT2D eigenvalue weighted by molar-refractivity contribution is -0.144. The third-order valence-electron chi connectivity index (χ3n) is 11.2. The number of aromatic nitrogens is 1. The van der Waals surface area contributed by atoms with E-state index in [2.05, 4.69) is 16.0 Å². The molecule has 0 unspecified atom stereocenters. The second-order valence-electron chi connectivity index (χ2n) is 17.4. The molecule has 2 aliphatic heterocycles. The number of nitrogens with zero attached hydrogens (tertiary/aromatic N) is 2. The molecule has 1 aliphatic carbocycles. The number of amides is 6. The molecule has 340 valence electrons. The minimum absolute atomic E-state index is 0.0405. The van der Waals surface area contributed by atoms with Crippen molar-refractivity contribution in [1.29, 1.82) is 0 Å². The number of methoxy groups -OCH3 is 1. The quantitative estimate of drug-likeness (QED) is 0.145. The lowest BCUT2D eigenvalue weighted by Gasteiger charge is -2.41. The summed E-state index contributed by atoms with van der Waals surface area (Å²) in [6.45, 7) is 10.3. The van der Waals surface area contributed by atoms with E-state index in [4.69, 9.17) is 28.7 Å². The normalized spacial score (nSPS) is 18.1. The number of hydrogen-bond donors (Lipinski definition) is 4. The van der Waals surface area contributed by atoms with Gasteiger partial charge in [0.15, 0.2) is 11.5 Å². The Morgan fingerprint density at radius 1 is 0.938 bits per heavy atom. The number of ether oxygens (including phenoxy) is 5. The van der Waals surface area contributed by atoms with Gasteiger partial charge in [0.05, 0.1) is 29.8 Å². The van der Waals surface area contributed by atoms with Gasteiger partial charge in [0.25, 0.3) is 15.9 Å². The molecule has 4 N–H and O–H groups in total. The van der Waals surface area contributed by atoms with E-state index in [-0.39, 0.29) is 37.5 Å². The summed E-state index contributed by atoms with van der Waals surface area (Å²) in [5, 5.41) is 8.17. The molecule has 3 heterocycles.